The van der Waals surface area contributed by atoms with Crippen LogP contribution in [-0.2, 0) is 11.8 Å². The number of Topliss-reactive ketones (excluding diaryl/α,β-unsaturated/α-hetero) is 1. The second-order valence-electron chi connectivity index (χ2n) is 4.53. The summed E-state index contributed by atoms with van der Waals surface area (Å²) in [6.07, 6.45) is 3.47. The highest BCUT2D eigenvalue weighted by Gasteiger charge is 2.23. The van der Waals surface area contributed by atoms with Gasteiger partial charge >= 0.3 is 0 Å². The molecule has 0 aliphatic heterocycles. The van der Waals surface area contributed by atoms with Crippen LogP contribution >= 0.6 is 0 Å². The number of fused-ring (bicyclic) bond motifs is 1. The molecular formula is C14H17N3O2. The van der Waals surface area contributed by atoms with E-state index in [1.165, 1.54) is 0 Å². The highest BCUT2D eigenvalue weighted by atomic mass is 16.5. The normalized spacial score (nSPS) is 12.4. The first-order valence-corrected chi connectivity index (χ1v) is 5.90. The summed E-state index contributed by atoms with van der Waals surface area (Å²) in [6, 6.07) is 1.00. The summed E-state index contributed by atoms with van der Waals surface area (Å²) in [6.45, 7) is 5.30. The number of hydrogen-bond acceptors (Lipinski definition) is 4. The number of ether oxygens (including phenoxy) is 1. The van der Waals surface area contributed by atoms with Gasteiger partial charge in [-0.05, 0) is 18.6 Å². The molecule has 1 atom stereocenters. The molecule has 100 valence electrons. The van der Waals surface area contributed by atoms with Gasteiger partial charge in [0.25, 0.3) is 0 Å². The number of methoxy groups -OCH3 is 1. The largest absolute Gasteiger partial charge is 0.496 e. The quantitative estimate of drug-likeness (QED) is 0.849. The van der Waals surface area contributed by atoms with Gasteiger partial charge in [-0.3, -0.25) is 4.79 Å². The Morgan fingerprint density at radius 1 is 1.58 bits per heavy atom. The smallest absolute Gasteiger partial charge is 0.179 e. The van der Waals surface area contributed by atoms with Crippen molar-refractivity contribution in [2.75, 3.05) is 7.11 Å². The fourth-order valence-electron chi connectivity index (χ4n) is 2.12. The van der Waals surface area contributed by atoms with Crippen LogP contribution in [0.3, 0.4) is 0 Å². The number of nitrogens with zero attached hydrogens (tertiary/aromatic N) is 2. The zero-order valence-corrected chi connectivity index (χ0v) is 11.3. The molecule has 5 heteroatoms. The van der Waals surface area contributed by atoms with E-state index in [0.29, 0.717) is 16.9 Å². The third-order valence-corrected chi connectivity index (χ3v) is 3.11. The predicted octanol–water partition coefficient (Wildman–Crippen LogP) is 1.73. The van der Waals surface area contributed by atoms with Crippen molar-refractivity contribution in [3.63, 3.8) is 0 Å². The van der Waals surface area contributed by atoms with E-state index >= 15 is 0 Å². The molecule has 0 bridgehead atoms. The lowest BCUT2D eigenvalue weighted by Crippen LogP contribution is -2.21. The van der Waals surface area contributed by atoms with Crippen LogP contribution in [-0.4, -0.2) is 22.4 Å². The van der Waals surface area contributed by atoms with Gasteiger partial charge in [0.1, 0.15) is 11.4 Å². The maximum atomic E-state index is 12.0. The molecule has 0 amide bonds. The van der Waals surface area contributed by atoms with Crippen molar-refractivity contribution in [1.29, 1.82) is 0 Å². The molecule has 2 N–H and O–H groups in total. The highest BCUT2D eigenvalue weighted by molar-refractivity contribution is 6.02. The van der Waals surface area contributed by atoms with Crippen LogP contribution in [0.25, 0.3) is 11.0 Å². The molecule has 5 nitrogen and oxygen atoms in total. The average molecular weight is 259 g/mol. The number of carbonyl (C=O) groups is 1. The molecule has 19 heavy (non-hydrogen) atoms. The van der Waals surface area contributed by atoms with Crippen LogP contribution in [0.4, 0.5) is 0 Å². The Morgan fingerprint density at radius 3 is 2.84 bits per heavy atom. The molecule has 2 aromatic rings. The average Bonchev–Trinajstić information content (AvgIpc) is 2.74. The van der Waals surface area contributed by atoms with Crippen molar-refractivity contribution in [3.8, 4) is 5.75 Å². The zero-order chi connectivity index (χ0) is 14.2. The minimum atomic E-state index is -0.751. The minimum absolute atomic E-state index is 0.182. The highest BCUT2D eigenvalue weighted by Crippen LogP contribution is 2.32. The molecular weight excluding hydrogens is 242 g/mol. The van der Waals surface area contributed by atoms with E-state index in [-0.39, 0.29) is 5.78 Å². The summed E-state index contributed by atoms with van der Waals surface area (Å²) in [5, 5.41) is 0.773. The van der Waals surface area contributed by atoms with Gasteiger partial charge in [-0.1, -0.05) is 6.58 Å². The van der Waals surface area contributed by atoms with Crippen LogP contribution in [0.1, 0.15) is 18.5 Å². The van der Waals surface area contributed by atoms with Gasteiger partial charge in [0, 0.05) is 25.0 Å². The topological polar surface area (TPSA) is 70.1 Å². The Kier molecular flexibility index (Phi) is 3.40. The third kappa shape index (κ3) is 2.13. The fraction of sp³-hybridized carbons (Fsp3) is 0.286. The summed E-state index contributed by atoms with van der Waals surface area (Å²) in [4.78, 5) is 16.3. The summed E-state index contributed by atoms with van der Waals surface area (Å²) >= 11 is 0. The summed E-state index contributed by atoms with van der Waals surface area (Å²) < 4.78 is 7.16. The second kappa shape index (κ2) is 4.85. The van der Waals surface area contributed by atoms with Crippen LogP contribution in [0.15, 0.2) is 30.6 Å². The first kappa shape index (κ1) is 13.3. The van der Waals surface area contributed by atoms with E-state index in [9.17, 15) is 4.79 Å². The molecule has 0 aliphatic carbocycles. The van der Waals surface area contributed by atoms with E-state index < -0.39 is 6.04 Å². The molecule has 0 fully saturated rings. The maximum Gasteiger partial charge on any atom is 0.179 e. The third-order valence-electron chi connectivity index (χ3n) is 3.11. The lowest BCUT2D eigenvalue weighted by atomic mass is 10.00. The van der Waals surface area contributed by atoms with E-state index in [2.05, 4.69) is 11.6 Å². The van der Waals surface area contributed by atoms with Gasteiger partial charge in [-0.2, -0.15) is 0 Å². The predicted molar refractivity (Wildman–Crippen MR) is 74.0 cm³/mol. The number of aryl methyl sites for hydroxylation is 1. The lowest BCUT2D eigenvalue weighted by molar-refractivity contribution is -0.116. The summed E-state index contributed by atoms with van der Waals surface area (Å²) in [7, 11) is 3.44. The molecule has 1 unspecified atom stereocenters. The number of nitrogens with two attached hydrogens (primary N) is 1. The van der Waals surface area contributed by atoms with Gasteiger partial charge in [0.2, 0.25) is 0 Å². The fourth-order valence-corrected chi connectivity index (χ4v) is 2.12. The van der Waals surface area contributed by atoms with Gasteiger partial charge in [0.15, 0.2) is 5.78 Å². The van der Waals surface area contributed by atoms with Crippen LogP contribution in [0.5, 0.6) is 5.75 Å². The van der Waals surface area contributed by atoms with E-state index in [1.54, 1.807) is 26.3 Å². The Hall–Kier alpha value is -2.14. The Morgan fingerprint density at radius 2 is 2.26 bits per heavy atom. The molecule has 2 aromatic heterocycles. The minimum Gasteiger partial charge on any atom is -0.496 e. The van der Waals surface area contributed by atoms with Crippen molar-refractivity contribution in [2.24, 2.45) is 12.8 Å². The second-order valence-corrected chi connectivity index (χ2v) is 4.53. The number of pyridine rings is 1. The van der Waals surface area contributed by atoms with Crippen molar-refractivity contribution in [2.45, 2.75) is 13.0 Å². The SMILES string of the molecule is C=C(C)C(=O)C(N)c1cn(C)c2nccc(OC)c12. The molecule has 2 rings (SSSR count). The molecule has 0 aromatic carbocycles. The lowest BCUT2D eigenvalue weighted by Gasteiger charge is -2.10. The van der Waals surface area contributed by atoms with Crippen molar-refractivity contribution < 1.29 is 9.53 Å². The summed E-state index contributed by atoms with van der Waals surface area (Å²) in [5.41, 5.74) is 7.91. The molecule has 2 heterocycles. The summed E-state index contributed by atoms with van der Waals surface area (Å²) in [5.74, 6) is 0.476. The molecule has 0 saturated carbocycles. The van der Waals surface area contributed by atoms with Gasteiger partial charge in [-0.25, -0.2) is 4.98 Å². The number of aromatic nitrogens is 2. The Bertz CT molecular complexity index is 658. The van der Waals surface area contributed by atoms with E-state index in [0.717, 1.165) is 11.0 Å². The monoisotopic (exact) mass is 259 g/mol. The van der Waals surface area contributed by atoms with Crippen molar-refractivity contribution in [3.05, 3.63) is 36.2 Å². The maximum absolute atomic E-state index is 12.0. The van der Waals surface area contributed by atoms with E-state index in [1.807, 2.05) is 17.8 Å². The van der Waals surface area contributed by atoms with Crippen molar-refractivity contribution in [1.82, 2.24) is 9.55 Å². The van der Waals surface area contributed by atoms with Crippen LogP contribution in [0, 0.1) is 0 Å². The Labute approximate surface area is 111 Å². The number of carbonyl (C=O) groups excluding carboxylic acids is 1. The zero-order valence-electron chi connectivity index (χ0n) is 11.3. The molecule has 0 saturated heterocycles. The number of hydrogen-bond donors (Lipinski definition) is 1. The van der Waals surface area contributed by atoms with Crippen molar-refractivity contribution >= 4 is 16.8 Å². The molecule has 0 radical (unpaired) electrons. The van der Waals surface area contributed by atoms with Gasteiger partial charge < -0.3 is 15.0 Å². The Balaban J connectivity index is 2.67. The van der Waals surface area contributed by atoms with Gasteiger partial charge in [0.05, 0.1) is 18.5 Å². The number of ketones is 1. The first-order valence-electron chi connectivity index (χ1n) is 5.90. The molecule has 0 aliphatic rings. The van der Waals surface area contributed by atoms with Crippen LogP contribution in [0.2, 0.25) is 0 Å². The molecule has 0 spiro atoms. The van der Waals surface area contributed by atoms with Crippen LogP contribution < -0.4 is 10.5 Å². The first-order chi connectivity index (χ1) is 8.97. The standard InChI is InChI=1S/C14H17N3O2/c1-8(2)13(18)12(15)9-7-17(3)14-11(9)10(19-4)5-6-16-14/h5-7,12H,1,15H2,2-4H3. The van der Waals surface area contributed by atoms with Gasteiger partial charge in [-0.15, -0.1) is 0 Å². The number of rotatable bonds is 4. The van der Waals surface area contributed by atoms with E-state index in [4.69, 9.17) is 10.5 Å².